The molecule has 3 heterocycles. The second-order valence-electron chi connectivity index (χ2n) is 7.92. The number of nitrogens with zero attached hydrogens (tertiary/aromatic N) is 4. The summed E-state index contributed by atoms with van der Waals surface area (Å²) in [5.41, 5.74) is 3.48. The fraction of sp³-hybridized carbons (Fsp3) is 0.364. The third-order valence-corrected chi connectivity index (χ3v) is 5.59. The highest BCUT2D eigenvalue weighted by Gasteiger charge is 2.29. The van der Waals surface area contributed by atoms with Crippen molar-refractivity contribution in [3.63, 3.8) is 0 Å². The second-order valence-corrected chi connectivity index (χ2v) is 7.92. The molecule has 0 spiro atoms. The Bertz CT molecular complexity index is 1020. The van der Waals surface area contributed by atoms with Crippen LogP contribution in [0.4, 0.5) is 17.3 Å². The predicted octanol–water partition coefficient (Wildman–Crippen LogP) is 3.36. The Hall–Kier alpha value is -3.26. The van der Waals surface area contributed by atoms with Crippen molar-refractivity contribution in [2.45, 2.75) is 31.7 Å². The normalized spacial score (nSPS) is 16.9. The Morgan fingerprint density at radius 3 is 2.60 bits per heavy atom. The van der Waals surface area contributed by atoms with E-state index in [0.29, 0.717) is 12.0 Å². The van der Waals surface area contributed by atoms with Gasteiger partial charge in [-0.25, -0.2) is 9.97 Å². The highest BCUT2D eigenvalue weighted by atomic mass is 16.2. The topological polar surface area (TPSA) is 96.8 Å². The highest BCUT2D eigenvalue weighted by molar-refractivity contribution is 5.94. The van der Waals surface area contributed by atoms with Crippen LogP contribution in [0.2, 0.25) is 0 Å². The van der Waals surface area contributed by atoms with Gasteiger partial charge in [0.1, 0.15) is 0 Å². The van der Waals surface area contributed by atoms with E-state index in [0.717, 1.165) is 61.4 Å². The summed E-state index contributed by atoms with van der Waals surface area (Å²) in [4.78, 5) is 20.9. The Morgan fingerprint density at radius 2 is 1.83 bits per heavy atom. The second kappa shape index (κ2) is 8.23. The minimum atomic E-state index is 0.112. The lowest BCUT2D eigenvalue weighted by atomic mass is 10.1. The van der Waals surface area contributed by atoms with Crippen LogP contribution in [0.5, 0.6) is 0 Å². The van der Waals surface area contributed by atoms with Crippen LogP contribution in [0.1, 0.15) is 31.7 Å². The fourth-order valence-electron chi connectivity index (χ4n) is 3.70. The molecular formula is C22H25N7O. The predicted molar refractivity (Wildman–Crippen MR) is 115 cm³/mol. The zero-order valence-electron chi connectivity index (χ0n) is 16.7. The zero-order valence-corrected chi connectivity index (χ0v) is 16.7. The number of aromatic nitrogens is 4. The number of anilines is 3. The van der Waals surface area contributed by atoms with Gasteiger partial charge in [-0.1, -0.05) is 12.1 Å². The number of rotatable bonds is 6. The molecule has 8 heteroatoms. The van der Waals surface area contributed by atoms with Crippen LogP contribution in [0.15, 0.2) is 48.9 Å². The molecule has 1 saturated carbocycles. The molecule has 1 amide bonds. The number of piperidine rings is 1. The molecule has 5 rings (SSSR count). The van der Waals surface area contributed by atoms with Gasteiger partial charge in [0.05, 0.1) is 23.6 Å². The summed E-state index contributed by atoms with van der Waals surface area (Å²) in [6.45, 7) is 2.06. The lowest BCUT2D eigenvalue weighted by Crippen LogP contribution is -2.29. The monoisotopic (exact) mass is 403 g/mol. The van der Waals surface area contributed by atoms with Crippen molar-refractivity contribution in [1.29, 1.82) is 0 Å². The van der Waals surface area contributed by atoms with E-state index in [-0.39, 0.29) is 11.8 Å². The van der Waals surface area contributed by atoms with Crippen LogP contribution < -0.4 is 16.0 Å². The zero-order chi connectivity index (χ0) is 20.3. The van der Waals surface area contributed by atoms with Crippen LogP contribution in [0.3, 0.4) is 0 Å². The summed E-state index contributed by atoms with van der Waals surface area (Å²) in [7, 11) is 0. The third kappa shape index (κ3) is 4.33. The van der Waals surface area contributed by atoms with Crippen LogP contribution in [-0.4, -0.2) is 38.7 Å². The molecule has 1 aliphatic carbocycles. The van der Waals surface area contributed by atoms with Crippen molar-refractivity contribution in [3.05, 3.63) is 48.9 Å². The number of benzene rings is 1. The molecular weight excluding hydrogens is 378 g/mol. The molecule has 2 aromatic heterocycles. The first kappa shape index (κ1) is 18.7. The van der Waals surface area contributed by atoms with E-state index < -0.39 is 0 Å². The van der Waals surface area contributed by atoms with E-state index in [2.05, 4.69) is 31.0 Å². The summed E-state index contributed by atoms with van der Waals surface area (Å²) in [6.07, 6.45) is 9.74. The maximum Gasteiger partial charge on any atom is 0.227 e. The maximum absolute atomic E-state index is 11.9. The van der Waals surface area contributed by atoms with E-state index in [1.165, 1.54) is 0 Å². The Balaban J connectivity index is 1.26. The van der Waals surface area contributed by atoms with Gasteiger partial charge in [0.15, 0.2) is 0 Å². The van der Waals surface area contributed by atoms with Crippen molar-refractivity contribution in [2.24, 2.45) is 5.92 Å². The summed E-state index contributed by atoms with van der Waals surface area (Å²) in [5, 5.41) is 14.1. The molecule has 2 fully saturated rings. The molecule has 1 aliphatic heterocycles. The average molecular weight is 403 g/mol. The van der Waals surface area contributed by atoms with Crippen LogP contribution in [0, 0.1) is 5.92 Å². The van der Waals surface area contributed by atoms with Crippen LogP contribution >= 0.6 is 0 Å². The molecule has 0 unspecified atom stereocenters. The first-order valence-electron chi connectivity index (χ1n) is 10.5. The van der Waals surface area contributed by atoms with Crippen molar-refractivity contribution >= 4 is 23.2 Å². The van der Waals surface area contributed by atoms with E-state index in [1.54, 1.807) is 6.20 Å². The summed E-state index contributed by atoms with van der Waals surface area (Å²) >= 11 is 0. The Kier molecular flexibility index (Phi) is 5.15. The number of amides is 1. The number of carbonyl (C=O) groups is 1. The Morgan fingerprint density at radius 1 is 1.03 bits per heavy atom. The summed E-state index contributed by atoms with van der Waals surface area (Å²) in [6, 6.07) is 10.1. The largest absolute Gasteiger partial charge is 0.326 e. The van der Waals surface area contributed by atoms with Crippen LogP contribution in [0.25, 0.3) is 11.3 Å². The highest BCUT2D eigenvalue weighted by Crippen LogP contribution is 2.30. The first-order valence-corrected chi connectivity index (χ1v) is 10.5. The molecule has 1 aromatic carbocycles. The van der Waals surface area contributed by atoms with Gasteiger partial charge in [-0.3, -0.25) is 9.48 Å². The minimum Gasteiger partial charge on any atom is -0.326 e. The summed E-state index contributed by atoms with van der Waals surface area (Å²) < 4.78 is 2.03. The van der Waals surface area contributed by atoms with Crippen molar-refractivity contribution in [1.82, 2.24) is 25.1 Å². The van der Waals surface area contributed by atoms with Crippen molar-refractivity contribution in [3.8, 4) is 11.3 Å². The van der Waals surface area contributed by atoms with E-state index in [9.17, 15) is 4.79 Å². The van der Waals surface area contributed by atoms with Gasteiger partial charge in [0.25, 0.3) is 0 Å². The minimum absolute atomic E-state index is 0.112. The molecule has 30 heavy (non-hydrogen) atoms. The van der Waals surface area contributed by atoms with Gasteiger partial charge in [-0.15, -0.1) is 0 Å². The molecule has 0 atom stereocenters. The average Bonchev–Trinajstić information content (AvgIpc) is 3.54. The third-order valence-electron chi connectivity index (χ3n) is 5.59. The van der Waals surface area contributed by atoms with Gasteiger partial charge < -0.3 is 16.0 Å². The maximum atomic E-state index is 11.9. The van der Waals surface area contributed by atoms with Crippen molar-refractivity contribution < 1.29 is 4.79 Å². The van der Waals surface area contributed by atoms with Crippen LogP contribution in [-0.2, 0) is 4.79 Å². The molecule has 3 aromatic rings. The molecule has 0 radical (unpaired) electrons. The Labute approximate surface area is 175 Å². The molecule has 2 aliphatic rings. The lowest BCUT2D eigenvalue weighted by molar-refractivity contribution is -0.117. The molecule has 0 bridgehead atoms. The van der Waals surface area contributed by atoms with E-state index >= 15 is 0 Å². The molecule has 154 valence electrons. The molecule has 8 nitrogen and oxygen atoms in total. The van der Waals surface area contributed by atoms with Gasteiger partial charge in [0.2, 0.25) is 11.9 Å². The number of nitrogens with one attached hydrogen (secondary N) is 3. The van der Waals surface area contributed by atoms with Gasteiger partial charge >= 0.3 is 0 Å². The number of carbonyl (C=O) groups excluding carboxylic acids is 1. The van der Waals surface area contributed by atoms with Crippen molar-refractivity contribution in [2.75, 3.05) is 23.7 Å². The number of hydrogen-bond donors (Lipinski definition) is 3. The standard InChI is InChI=1S/C22H25N7O/c30-21(16-1-2-16)26-17-5-3-15(4-6-17)20-9-12-24-22(28-20)27-18-13-25-29(14-18)19-7-10-23-11-8-19/h3-6,9,12-14,16,19,23H,1-2,7-8,10-11H2,(H,26,30)(H,24,27,28). The SMILES string of the molecule is O=C(Nc1ccc(-c2ccnc(Nc3cnn(C4CCNCC4)c3)n2)cc1)C1CC1. The first-order chi connectivity index (χ1) is 14.7. The smallest absolute Gasteiger partial charge is 0.227 e. The quantitative estimate of drug-likeness (QED) is 0.584. The van der Waals surface area contributed by atoms with E-state index in [1.807, 2.05) is 47.4 Å². The number of hydrogen-bond acceptors (Lipinski definition) is 6. The van der Waals surface area contributed by atoms with E-state index in [4.69, 9.17) is 0 Å². The molecule has 3 N–H and O–H groups in total. The summed E-state index contributed by atoms with van der Waals surface area (Å²) in [5.74, 6) is 0.837. The van der Waals surface area contributed by atoms with Gasteiger partial charge in [0, 0.05) is 29.6 Å². The van der Waals surface area contributed by atoms with Gasteiger partial charge in [-0.05, 0) is 57.0 Å². The molecule has 1 saturated heterocycles. The van der Waals surface area contributed by atoms with Gasteiger partial charge in [-0.2, -0.15) is 5.10 Å². The fourth-order valence-corrected chi connectivity index (χ4v) is 3.70. The lowest BCUT2D eigenvalue weighted by Gasteiger charge is -2.22.